The Morgan fingerprint density at radius 2 is 2.12 bits per heavy atom. The number of hydrogen-bond donors (Lipinski definition) is 1. The van der Waals surface area contributed by atoms with Crippen LogP contribution in [-0.2, 0) is 4.74 Å². The van der Waals surface area contributed by atoms with E-state index >= 15 is 0 Å². The molecule has 1 unspecified atom stereocenters. The van der Waals surface area contributed by atoms with Crippen LogP contribution in [0, 0.1) is 12.8 Å². The lowest BCUT2D eigenvalue weighted by Gasteiger charge is -2.20. The largest absolute Gasteiger partial charge is 0.444 e. The maximum absolute atomic E-state index is 11.6. The summed E-state index contributed by atoms with van der Waals surface area (Å²) in [6.45, 7) is 8.27. The molecule has 136 valence electrons. The molecule has 0 saturated heterocycles. The molecule has 1 N–H and O–H groups in total. The summed E-state index contributed by atoms with van der Waals surface area (Å²) in [7, 11) is 0. The Morgan fingerprint density at radius 1 is 1.36 bits per heavy atom. The van der Waals surface area contributed by atoms with Gasteiger partial charge in [-0.05, 0) is 75.6 Å². The summed E-state index contributed by atoms with van der Waals surface area (Å²) < 4.78 is 5.24. The van der Waals surface area contributed by atoms with Crippen LogP contribution in [0.3, 0.4) is 0 Å². The molecular formula is C21H28ClNO2. The molecule has 0 radical (unpaired) electrons. The lowest BCUT2D eigenvalue weighted by molar-refractivity contribution is 0.0526. The average Bonchev–Trinajstić information content (AvgIpc) is 2.50. The maximum atomic E-state index is 11.6. The van der Waals surface area contributed by atoms with Crippen molar-refractivity contribution in [1.29, 1.82) is 0 Å². The fourth-order valence-electron chi connectivity index (χ4n) is 2.85. The van der Waals surface area contributed by atoms with Gasteiger partial charge in [0.1, 0.15) is 5.60 Å². The van der Waals surface area contributed by atoms with Gasteiger partial charge in [-0.15, -0.1) is 0 Å². The minimum absolute atomic E-state index is 0.348. The third-order valence-electron chi connectivity index (χ3n) is 4.01. The fourth-order valence-corrected chi connectivity index (χ4v) is 3.20. The second-order valence-corrected chi connectivity index (χ2v) is 7.98. The lowest BCUT2D eigenvalue weighted by atomic mass is 9.89. The predicted octanol–water partition coefficient (Wildman–Crippen LogP) is 5.91. The van der Waals surface area contributed by atoms with Gasteiger partial charge in [-0.2, -0.15) is 0 Å². The highest BCUT2D eigenvalue weighted by Crippen LogP contribution is 2.31. The smallest absolute Gasteiger partial charge is 0.407 e. The number of nitrogens with one attached hydrogen (secondary N) is 1. The van der Waals surface area contributed by atoms with E-state index in [-0.39, 0.29) is 6.09 Å². The zero-order chi connectivity index (χ0) is 18.4. The molecule has 0 heterocycles. The highest BCUT2D eigenvalue weighted by Gasteiger charge is 2.16. The molecular weight excluding hydrogens is 334 g/mol. The summed E-state index contributed by atoms with van der Waals surface area (Å²) in [4.78, 5) is 11.6. The van der Waals surface area contributed by atoms with E-state index < -0.39 is 5.60 Å². The van der Waals surface area contributed by atoms with Crippen LogP contribution in [0.4, 0.5) is 4.79 Å². The van der Waals surface area contributed by atoms with Crippen LogP contribution >= 0.6 is 11.6 Å². The van der Waals surface area contributed by atoms with Gasteiger partial charge in [0.05, 0.1) is 0 Å². The van der Waals surface area contributed by atoms with Crippen molar-refractivity contribution in [2.24, 2.45) is 5.92 Å². The number of allylic oxidation sites excluding steroid dienone is 4. The summed E-state index contributed by atoms with van der Waals surface area (Å²) in [5.74, 6) is 0.470. The Hall–Kier alpha value is -1.74. The van der Waals surface area contributed by atoms with Gasteiger partial charge in [-0.1, -0.05) is 42.0 Å². The van der Waals surface area contributed by atoms with E-state index in [0.29, 0.717) is 12.5 Å². The molecule has 0 aromatic heterocycles. The van der Waals surface area contributed by atoms with Crippen LogP contribution in [0.5, 0.6) is 0 Å². The van der Waals surface area contributed by atoms with Gasteiger partial charge in [0, 0.05) is 11.6 Å². The summed E-state index contributed by atoms with van der Waals surface area (Å²) in [6.07, 6.45) is 9.27. The Labute approximate surface area is 156 Å². The first-order chi connectivity index (χ1) is 11.7. The molecule has 3 nitrogen and oxygen atoms in total. The van der Waals surface area contributed by atoms with Crippen LogP contribution in [0.25, 0.3) is 5.57 Å². The van der Waals surface area contributed by atoms with Gasteiger partial charge in [-0.3, -0.25) is 0 Å². The van der Waals surface area contributed by atoms with Crippen molar-refractivity contribution in [2.45, 2.75) is 52.6 Å². The molecule has 1 aliphatic carbocycles. The van der Waals surface area contributed by atoms with E-state index in [0.717, 1.165) is 29.8 Å². The second-order valence-electron chi connectivity index (χ2n) is 7.57. The minimum Gasteiger partial charge on any atom is -0.444 e. The number of carbonyl (C=O) groups is 1. The Kier molecular flexibility index (Phi) is 6.71. The van der Waals surface area contributed by atoms with E-state index in [1.54, 1.807) is 0 Å². The first-order valence-electron chi connectivity index (χ1n) is 8.86. The molecule has 25 heavy (non-hydrogen) atoms. The van der Waals surface area contributed by atoms with E-state index in [2.05, 4.69) is 35.7 Å². The number of aryl methyl sites for hydroxylation is 1. The van der Waals surface area contributed by atoms with E-state index in [1.807, 2.05) is 33.8 Å². The van der Waals surface area contributed by atoms with Crippen LogP contribution in [0.15, 0.2) is 36.4 Å². The molecule has 1 aromatic carbocycles. The van der Waals surface area contributed by atoms with E-state index in [4.69, 9.17) is 16.3 Å². The van der Waals surface area contributed by atoms with Crippen molar-refractivity contribution in [3.05, 3.63) is 52.6 Å². The molecule has 0 spiro atoms. The molecule has 1 atom stereocenters. The number of amides is 1. The Balaban J connectivity index is 1.84. The number of halogens is 1. The van der Waals surface area contributed by atoms with Crippen molar-refractivity contribution >= 4 is 23.3 Å². The van der Waals surface area contributed by atoms with Crippen LogP contribution < -0.4 is 5.32 Å². The van der Waals surface area contributed by atoms with Crippen molar-refractivity contribution < 1.29 is 9.53 Å². The number of benzene rings is 1. The van der Waals surface area contributed by atoms with E-state index in [1.165, 1.54) is 11.1 Å². The van der Waals surface area contributed by atoms with Crippen LogP contribution in [0.2, 0.25) is 5.02 Å². The monoisotopic (exact) mass is 361 g/mol. The normalized spacial score (nSPS) is 17.2. The minimum atomic E-state index is -0.455. The predicted molar refractivity (Wildman–Crippen MR) is 105 cm³/mol. The third kappa shape index (κ3) is 6.58. The van der Waals surface area contributed by atoms with Gasteiger partial charge in [0.15, 0.2) is 0 Å². The van der Waals surface area contributed by atoms with Gasteiger partial charge in [0.2, 0.25) is 0 Å². The number of hydrogen-bond acceptors (Lipinski definition) is 2. The van der Waals surface area contributed by atoms with Gasteiger partial charge in [0.25, 0.3) is 0 Å². The van der Waals surface area contributed by atoms with Crippen molar-refractivity contribution in [3.8, 4) is 0 Å². The lowest BCUT2D eigenvalue weighted by Crippen LogP contribution is -2.33. The molecule has 1 aliphatic rings. The van der Waals surface area contributed by atoms with Crippen molar-refractivity contribution in [1.82, 2.24) is 5.32 Å². The Morgan fingerprint density at radius 3 is 2.80 bits per heavy atom. The molecule has 0 fully saturated rings. The summed E-state index contributed by atoms with van der Waals surface area (Å²) in [6, 6.07) is 6.17. The zero-order valence-electron chi connectivity index (χ0n) is 15.6. The second kappa shape index (κ2) is 8.57. The first-order valence-corrected chi connectivity index (χ1v) is 9.24. The molecule has 0 saturated carbocycles. The van der Waals surface area contributed by atoms with Crippen LogP contribution in [0.1, 0.15) is 51.2 Å². The highest BCUT2D eigenvalue weighted by atomic mass is 35.5. The van der Waals surface area contributed by atoms with E-state index in [9.17, 15) is 4.79 Å². The van der Waals surface area contributed by atoms with Crippen LogP contribution in [-0.4, -0.2) is 18.2 Å². The number of rotatable bonds is 5. The van der Waals surface area contributed by atoms with Gasteiger partial charge < -0.3 is 10.1 Å². The van der Waals surface area contributed by atoms with Crippen molar-refractivity contribution in [3.63, 3.8) is 0 Å². The number of ether oxygens (including phenoxy) is 1. The SMILES string of the molecule is Cc1ccc(C2=CC(CCCNC(=O)OC(C)(C)C)CC=C2)c(Cl)c1. The fraction of sp³-hybridized carbons (Fsp3) is 0.476. The third-order valence-corrected chi connectivity index (χ3v) is 4.32. The maximum Gasteiger partial charge on any atom is 0.407 e. The highest BCUT2D eigenvalue weighted by molar-refractivity contribution is 6.32. The molecule has 0 aliphatic heterocycles. The number of carbonyl (C=O) groups excluding carboxylic acids is 1. The average molecular weight is 362 g/mol. The molecule has 0 bridgehead atoms. The topological polar surface area (TPSA) is 38.3 Å². The molecule has 4 heteroatoms. The number of alkyl carbamates (subject to hydrolysis) is 1. The summed E-state index contributed by atoms with van der Waals surface area (Å²) in [5.41, 5.74) is 2.98. The first kappa shape index (κ1) is 19.6. The Bertz CT molecular complexity index is 671. The molecule has 2 rings (SSSR count). The van der Waals surface area contributed by atoms with Gasteiger partial charge >= 0.3 is 6.09 Å². The molecule has 1 amide bonds. The quantitative estimate of drug-likeness (QED) is 0.661. The standard InChI is InChI=1S/C21H28ClNO2/c1-15-10-11-18(19(22)13-15)17-9-5-7-16(14-17)8-6-12-23-20(24)25-21(2,3)4/h5,9-11,13-14,16H,6-8,12H2,1-4H3,(H,23,24). The zero-order valence-corrected chi connectivity index (χ0v) is 16.3. The summed E-state index contributed by atoms with van der Waals surface area (Å²) >= 11 is 6.39. The van der Waals surface area contributed by atoms with Gasteiger partial charge in [-0.25, -0.2) is 4.79 Å². The summed E-state index contributed by atoms with van der Waals surface area (Å²) in [5, 5.41) is 3.61. The van der Waals surface area contributed by atoms with Crippen molar-refractivity contribution in [2.75, 3.05) is 6.54 Å². The molecule has 1 aromatic rings.